The maximum Gasteiger partial charge on any atom is 0.213 e. The first kappa shape index (κ1) is 19.8. The molecule has 1 heterocycles. The van der Waals surface area contributed by atoms with Gasteiger partial charge in [0.1, 0.15) is 0 Å². The van der Waals surface area contributed by atoms with E-state index in [1.807, 2.05) is 30.3 Å². The molecule has 1 fully saturated rings. The largest absolute Gasteiger partial charge is 0.493 e. The number of aliphatic imine (C=N–C) groups is 1. The summed E-state index contributed by atoms with van der Waals surface area (Å²) in [5, 5.41) is 6.61. The van der Waals surface area contributed by atoms with Gasteiger partial charge in [-0.05, 0) is 48.1 Å². The van der Waals surface area contributed by atoms with Crippen molar-refractivity contribution in [2.45, 2.75) is 25.9 Å². The SMILES string of the molecule is CN=C(NCc1ccnc(OCC2CC2)c1)NCc1ccc(OC)c(OC)c1. The Balaban J connectivity index is 1.50. The Morgan fingerprint density at radius 2 is 1.75 bits per heavy atom. The van der Waals surface area contributed by atoms with E-state index in [9.17, 15) is 0 Å². The molecule has 3 rings (SSSR count). The lowest BCUT2D eigenvalue weighted by atomic mass is 10.2. The molecule has 0 unspecified atom stereocenters. The Labute approximate surface area is 166 Å². The molecular formula is C21H28N4O3. The summed E-state index contributed by atoms with van der Waals surface area (Å²) in [5.41, 5.74) is 2.16. The van der Waals surface area contributed by atoms with E-state index in [1.54, 1.807) is 27.5 Å². The van der Waals surface area contributed by atoms with Crippen LogP contribution in [-0.2, 0) is 13.1 Å². The van der Waals surface area contributed by atoms with E-state index < -0.39 is 0 Å². The van der Waals surface area contributed by atoms with Crippen LogP contribution >= 0.6 is 0 Å². The van der Waals surface area contributed by atoms with Crippen molar-refractivity contribution in [3.63, 3.8) is 0 Å². The average Bonchev–Trinajstić information content (AvgIpc) is 3.57. The second kappa shape index (κ2) is 9.82. The predicted molar refractivity (Wildman–Crippen MR) is 109 cm³/mol. The minimum absolute atomic E-state index is 0.617. The smallest absolute Gasteiger partial charge is 0.213 e. The van der Waals surface area contributed by atoms with Crippen LogP contribution in [0, 0.1) is 5.92 Å². The van der Waals surface area contributed by atoms with Gasteiger partial charge in [0.05, 0.1) is 20.8 Å². The second-order valence-electron chi connectivity index (χ2n) is 6.73. The van der Waals surface area contributed by atoms with Crippen molar-refractivity contribution in [1.82, 2.24) is 15.6 Å². The molecule has 0 saturated heterocycles. The number of benzene rings is 1. The van der Waals surface area contributed by atoms with Gasteiger partial charge in [-0.3, -0.25) is 4.99 Å². The van der Waals surface area contributed by atoms with Crippen molar-refractivity contribution >= 4 is 5.96 Å². The van der Waals surface area contributed by atoms with Crippen LogP contribution in [0.3, 0.4) is 0 Å². The molecule has 0 atom stereocenters. The minimum atomic E-state index is 0.617. The number of hydrogen-bond donors (Lipinski definition) is 2. The summed E-state index contributed by atoms with van der Waals surface area (Å²) in [6, 6.07) is 9.78. The molecule has 0 radical (unpaired) electrons. The number of nitrogens with one attached hydrogen (secondary N) is 2. The third-order valence-electron chi connectivity index (χ3n) is 4.55. The van der Waals surface area contributed by atoms with Gasteiger partial charge >= 0.3 is 0 Å². The first-order valence-corrected chi connectivity index (χ1v) is 9.45. The second-order valence-corrected chi connectivity index (χ2v) is 6.73. The van der Waals surface area contributed by atoms with Gasteiger partial charge < -0.3 is 24.8 Å². The van der Waals surface area contributed by atoms with Crippen LogP contribution in [0.1, 0.15) is 24.0 Å². The Hall–Kier alpha value is -2.96. The van der Waals surface area contributed by atoms with Crippen LogP contribution in [0.2, 0.25) is 0 Å². The van der Waals surface area contributed by atoms with Crippen molar-refractivity contribution < 1.29 is 14.2 Å². The maximum absolute atomic E-state index is 5.74. The van der Waals surface area contributed by atoms with E-state index >= 15 is 0 Å². The van der Waals surface area contributed by atoms with E-state index in [2.05, 4.69) is 20.6 Å². The summed E-state index contributed by atoms with van der Waals surface area (Å²) < 4.78 is 16.4. The maximum atomic E-state index is 5.74. The minimum Gasteiger partial charge on any atom is -0.493 e. The molecule has 1 aromatic heterocycles. The average molecular weight is 384 g/mol. The van der Waals surface area contributed by atoms with E-state index in [-0.39, 0.29) is 0 Å². The lowest BCUT2D eigenvalue weighted by molar-refractivity contribution is 0.288. The molecule has 1 saturated carbocycles. The Kier molecular flexibility index (Phi) is 6.94. The van der Waals surface area contributed by atoms with Crippen molar-refractivity contribution in [2.75, 3.05) is 27.9 Å². The molecule has 1 aliphatic rings. The lowest BCUT2D eigenvalue weighted by Gasteiger charge is -2.14. The van der Waals surface area contributed by atoms with Crippen LogP contribution in [0.15, 0.2) is 41.5 Å². The Morgan fingerprint density at radius 1 is 1.04 bits per heavy atom. The molecule has 0 aliphatic heterocycles. The summed E-state index contributed by atoms with van der Waals surface area (Å²) in [6.07, 6.45) is 4.31. The van der Waals surface area contributed by atoms with E-state index in [4.69, 9.17) is 14.2 Å². The van der Waals surface area contributed by atoms with Crippen molar-refractivity contribution in [3.05, 3.63) is 47.7 Å². The first-order chi connectivity index (χ1) is 13.7. The number of nitrogens with zero attached hydrogens (tertiary/aromatic N) is 2. The van der Waals surface area contributed by atoms with Crippen LogP contribution in [0.5, 0.6) is 17.4 Å². The molecule has 0 spiro atoms. The molecule has 7 heteroatoms. The lowest BCUT2D eigenvalue weighted by Crippen LogP contribution is -2.36. The monoisotopic (exact) mass is 384 g/mol. The van der Waals surface area contributed by atoms with Gasteiger partial charge in [0, 0.05) is 32.4 Å². The number of hydrogen-bond acceptors (Lipinski definition) is 5. The quantitative estimate of drug-likeness (QED) is 0.511. The highest BCUT2D eigenvalue weighted by atomic mass is 16.5. The van der Waals surface area contributed by atoms with E-state index in [1.165, 1.54) is 12.8 Å². The van der Waals surface area contributed by atoms with Crippen molar-refractivity contribution in [2.24, 2.45) is 10.9 Å². The van der Waals surface area contributed by atoms with Gasteiger partial charge in [0.25, 0.3) is 0 Å². The molecule has 2 aromatic rings. The van der Waals surface area contributed by atoms with Gasteiger partial charge in [-0.15, -0.1) is 0 Å². The highest BCUT2D eigenvalue weighted by Gasteiger charge is 2.22. The number of aromatic nitrogens is 1. The van der Waals surface area contributed by atoms with Crippen LogP contribution in [0.25, 0.3) is 0 Å². The molecule has 28 heavy (non-hydrogen) atoms. The molecule has 1 aromatic carbocycles. The van der Waals surface area contributed by atoms with Crippen LogP contribution in [0.4, 0.5) is 0 Å². The fraction of sp³-hybridized carbons (Fsp3) is 0.429. The predicted octanol–water partition coefficient (Wildman–Crippen LogP) is 2.75. The highest BCUT2D eigenvalue weighted by Crippen LogP contribution is 2.29. The molecular weight excluding hydrogens is 356 g/mol. The van der Waals surface area contributed by atoms with E-state index in [0.717, 1.165) is 17.7 Å². The number of rotatable bonds is 9. The molecule has 0 amide bonds. The molecule has 7 nitrogen and oxygen atoms in total. The first-order valence-electron chi connectivity index (χ1n) is 9.45. The van der Waals surface area contributed by atoms with Gasteiger partial charge in [0.2, 0.25) is 5.88 Å². The van der Waals surface area contributed by atoms with Crippen LogP contribution < -0.4 is 24.8 Å². The van der Waals surface area contributed by atoms with Crippen LogP contribution in [-0.4, -0.2) is 38.8 Å². The Bertz CT molecular complexity index is 806. The normalized spacial score (nSPS) is 13.8. The number of pyridine rings is 1. The topological polar surface area (TPSA) is 77.0 Å². The zero-order valence-corrected chi connectivity index (χ0v) is 16.7. The number of guanidine groups is 1. The van der Waals surface area contributed by atoms with Gasteiger partial charge in [-0.2, -0.15) is 0 Å². The summed E-state index contributed by atoms with van der Waals surface area (Å²) in [7, 11) is 5.01. The van der Waals surface area contributed by atoms with E-state index in [0.29, 0.717) is 42.3 Å². The number of ether oxygens (including phenoxy) is 3. The summed E-state index contributed by atoms with van der Waals surface area (Å²) in [4.78, 5) is 8.55. The fourth-order valence-corrected chi connectivity index (χ4v) is 2.71. The highest BCUT2D eigenvalue weighted by molar-refractivity contribution is 5.79. The number of methoxy groups -OCH3 is 2. The third kappa shape index (κ3) is 5.77. The van der Waals surface area contributed by atoms with Gasteiger partial charge in [-0.1, -0.05) is 6.07 Å². The zero-order chi connectivity index (χ0) is 19.8. The van der Waals surface area contributed by atoms with Gasteiger partial charge in [0.15, 0.2) is 17.5 Å². The van der Waals surface area contributed by atoms with Crippen molar-refractivity contribution in [3.8, 4) is 17.4 Å². The standard InChI is InChI=1S/C21H28N4O3/c1-22-21(24-12-16-6-7-18(26-2)19(10-16)27-3)25-13-17-8-9-23-20(11-17)28-14-15-4-5-15/h6-11,15H,4-5,12-14H2,1-3H3,(H2,22,24,25). The summed E-state index contributed by atoms with van der Waals surface area (Å²) >= 11 is 0. The third-order valence-corrected chi connectivity index (χ3v) is 4.55. The van der Waals surface area contributed by atoms with Gasteiger partial charge in [-0.25, -0.2) is 4.98 Å². The van der Waals surface area contributed by atoms with Crippen molar-refractivity contribution in [1.29, 1.82) is 0 Å². The fourth-order valence-electron chi connectivity index (χ4n) is 2.71. The molecule has 2 N–H and O–H groups in total. The molecule has 1 aliphatic carbocycles. The Morgan fingerprint density at radius 3 is 2.39 bits per heavy atom. The zero-order valence-electron chi connectivity index (χ0n) is 16.7. The molecule has 150 valence electrons. The molecule has 0 bridgehead atoms. The summed E-state index contributed by atoms with van der Waals surface area (Å²) in [5.74, 6) is 3.53. The summed E-state index contributed by atoms with van der Waals surface area (Å²) in [6.45, 7) is 2.01.